The molecule has 1 aromatic rings. The van der Waals surface area contributed by atoms with E-state index in [0.29, 0.717) is 38.4 Å². The van der Waals surface area contributed by atoms with Crippen LogP contribution >= 0.6 is 0 Å². The molecule has 0 atom stereocenters. The molecule has 8 heteroatoms. The Labute approximate surface area is 180 Å². The molecule has 1 N–H and O–H groups in total. The molecule has 0 aromatic heterocycles. The molecule has 1 amide bonds. The molecule has 1 saturated heterocycles. The van der Waals surface area contributed by atoms with Gasteiger partial charge in [0.15, 0.2) is 0 Å². The molecule has 0 bridgehead atoms. The van der Waals surface area contributed by atoms with E-state index in [0.717, 1.165) is 12.3 Å². The molecule has 1 aliphatic heterocycles. The summed E-state index contributed by atoms with van der Waals surface area (Å²) in [7, 11) is -2.25. The van der Waals surface area contributed by atoms with Crippen molar-refractivity contribution in [3.63, 3.8) is 0 Å². The highest BCUT2D eigenvalue weighted by molar-refractivity contribution is 7.89. The summed E-state index contributed by atoms with van der Waals surface area (Å²) in [6.45, 7) is 2.06. The Hall–Kier alpha value is -1.64. The Bertz CT molecular complexity index is 800. The Morgan fingerprint density at radius 1 is 1.20 bits per heavy atom. The van der Waals surface area contributed by atoms with Crippen molar-refractivity contribution in [1.29, 1.82) is 0 Å². The molecule has 1 saturated carbocycles. The monoisotopic (exact) mass is 438 g/mol. The van der Waals surface area contributed by atoms with Crippen LogP contribution in [0.15, 0.2) is 23.1 Å². The molecular formula is C22H34N2O5S. The first-order valence-corrected chi connectivity index (χ1v) is 12.5. The second kappa shape index (κ2) is 11.1. The first kappa shape index (κ1) is 23.0. The zero-order chi connectivity index (χ0) is 21.4. The van der Waals surface area contributed by atoms with Gasteiger partial charge in [0.2, 0.25) is 15.9 Å². The van der Waals surface area contributed by atoms with Crippen molar-refractivity contribution < 1.29 is 22.7 Å². The van der Waals surface area contributed by atoms with E-state index >= 15 is 0 Å². The van der Waals surface area contributed by atoms with Gasteiger partial charge in [-0.3, -0.25) is 4.79 Å². The molecule has 0 unspecified atom stereocenters. The second-order valence-electron chi connectivity index (χ2n) is 8.17. The maximum Gasteiger partial charge on any atom is 0.246 e. The van der Waals surface area contributed by atoms with Crippen LogP contribution < -0.4 is 10.1 Å². The quantitative estimate of drug-likeness (QED) is 0.599. The van der Waals surface area contributed by atoms with Crippen molar-refractivity contribution >= 4 is 15.9 Å². The molecule has 0 radical (unpaired) electrons. The van der Waals surface area contributed by atoms with Gasteiger partial charge in [-0.15, -0.1) is 0 Å². The average molecular weight is 439 g/mol. The molecule has 3 rings (SSSR count). The first-order valence-electron chi connectivity index (χ1n) is 11.0. The summed E-state index contributed by atoms with van der Waals surface area (Å²) in [6.07, 6.45) is 8.99. The highest BCUT2D eigenvalue weighted by Crippen LogP contribution is 2.29. The minimum absolute atomic E-state index is 0.0847. The number of rotatable bonds is 9. The summed E-state index contributed by atoms with van der Waals surface area (Å²) >= 11 is 0. The van der Waals surface area contributed by atoms with E-state index in [2.05, 4.69) is 5.32 Å². The van der Waals surface area contributed by atoms with Gasteiger partial charge in [-0.25, -0.2) is 8.42 Å². The summed E-state index contributed by atoms with van der Waals surface area (Å²) in [4.78, 5) is 12.5. The lowest BCUT2D eigenvalue weighted by Gasteiger charge is -2.26. The van der Waals surface area contributed by atoms with Gasteiger partial charge in [0.25, 0.3) is 0 Å². The highest BCUT2D eigenvalue weighted by atomic mass is 32.2. The molecular weight excluding hydrogens is 404 g/mol. The number of carbonyl (C=O) groups excluding carboxylic acids is 1. The van der Waals surface area contributed by atoms with Crippen LogP contribution in [0.4, 0.5) is 0 Å². The molecule has 0 spiro atoms. The lowest BCUT2D eigenvalue weighted by Crippen LogP contribution is -2.40. The summed E-state index contributed by atoms with van der Waals surface area (Å²) < 4.78 is 38.1. The predicted octanol–water partition coefficient (Wildman–Crippen LogP) is 2.74. The van der Waals surface area contributed by atoms with Crippen molar-refractivity contribution in [2.45, 2.75) is 56.3 Å². The van der Waals surface area contributed by atoms with E-state index in [1.165, 1.54) is 49.9 Å². The lowest BCUT2D eigenvalue weighted by atomic mass is 9.86. The van der Waals surface area contributed by atoms with Crippen molar-refractivity contribution in [1.82, 2.24) is 9.62 Å². The Kier molecular flexibility index (Phi) is 8.53. The average Bonchev–Trinajstić information content (AvgIpc) is 2.78. The van der Waals surface area contributed by atoms with Crippen LogP contribution in [-0.2, 0) is 26.0 Å². The number of nitrogens with one attached hydrogen (secondary N) is 1. The Balaban J connectivity index is 1.56. The number of morpholine rings is 1. The van der Waals surface area contributed by atoms with E-state index in [1.807, 2.05) is 0 Å². The van der Waals surface area contributed by atoms with Crippen LogP contribution in [0, 0.1) is 5.92 Å². The van der Waals surface area contributed by atoms with Gasteiger partial charge in [0.05, 0.1) is 26.7 Å². The van der Waals surface area contributed by atoms with E-state index < -0.39 is 10.0 Å². The summed E-state index contributed by atoms with van der Waals surface area (Å²) in [5.41, 5.74) is 0.660. The number of benzene rings is 1. The van der Waals surface area contributed by atoms with Crippen molar-refractivity contribution in [3.8, 4) is 5.75 Å². The van der Waals surface area contributed by atoms with Gasteiger partial charge in [0.1, 0.15) is 10.6 Å². The molecule has 30 heavy (non-hydrogen) atoms. The minimum Gasteiger partial charge on any atom is -0.495 e. The van der Waals surface area contributed by atoms with Gasteiger partial charge in [0, 0.05) is 19.6 Å². The van der Waals surface area contributed by atoms with Crippen molar-refractivity contribution in [2.75, 3.05) is 40.0 Å². The number of carbonyl (C=O) groups is 1. The van der Waals surface area contributed by atoms with Crippen molar-refractivity contribution in [3.05, 3.63) is 23.8 Å². The van der Waals surface area contributed by atoms with E-state index in [-0.39, 0.29) is 23.0 Å². The molecule has 1 aromatic carbocycles. The van der Waals surface area contributed by atoms with Gasteiger partial charge >= 0.3 is 0 Å². The standard InChI is InChI=1S/C22H34N2O5S/c1-28-20-10-9-19(16-21(20)30(26,27)24-12-14-29-15-13-24)17-22(25)23-11-5-8-18-6-3-2-4-7-18/h9-10,16,18H,2-8,11-15,17H2,1H3,(H,23,25). The van der Waals surface area contributed by atoms with E-state index in [9.17, 15) is 13.2 Å². The molecule has 2 fully saturated rings. The summed E-state index contributed by atoms with van der Waals surface area (Å²) in [5, 5.41) is 2.97. The molecule has 168 valence electrons. The maximum atomic E-state index is 13.1. The highest BCUT2D eigenvalue weighted by Gasteiger charge is 2.29. The normalized spacial score (nSPS) is 18.8. The van der Waals surface area contributed by atoms with Gasteiger partial charge < -0.3 is 14.8 Å². The zero-order valence-electron chi connectivity index (χ0n) is 17.9. The van der Waals surface area contributed by atoms with Gasteiger partial charge in [-0.1, -0.05) is 38.2 Å². The van der Waals surface area contributed by atoms with Gasteiger partial charge in [-0.05, 0) is 36.5 Å². The molecule has 7 nitrogen and oxygen atoms in total. The first-order chi connectivity index (χ1) is 14.5. The SMILES string of the molecule is COc1ccc(CC(=O)NCCCC2CCCCC2)cc1S(=O)(=O)N1CCOCC1. The predicted molar refractivity (Wildman–Crippen MR) is 115 cm³/mol. The summed E-state index contributed by atoms with van der Waals surface area (Å²) in [5.74, 6) is 1.02. The number of ether oxygens (including phenoxy) is 2. The fraction of sp³-hybridized carbons (Fsp3) is 0.682. The number of amides is 1. The van der Waals surface area contributed by atoms with Crippen LogP contribution in [-0.4, -0.2) is 58.6 Å². The zero-order valence-corrected chi connectivity index (χ0v) is 18.7. The molecule has 1 aliphatic carbocycles. The topological polar surface area (TPSA) is 84.9 Å². The minimum atomic E-state index is -3.70. The fourth-order valence-electron chi connectivity index (χ4n) is 4.30. The Morgan fingerprint density at radius 3 is 2.63 bits per heavy atom. The number of hydrogen-bond donors (Lipinski definition) is 1. The number of hydrogen-bond acceptors (Lipinski definition) is 5. The number of nitrogens with zero attached hydrogens (tertiary/aromatic N) is 1. The van der Waals surface area contributed by atoms with E-state index in [4.69, 9.17) is 9.47 Å². The van der Waals surface area contributed by atoms with Crippen LogP contribution in [0.3, 0.4) is 0 Å². The largest absolute Gasteiger partial charge is 0.495 e. The van der Waals surface area contributed by atoms with E-state index in [1.54, 1.807) is 18.2 Å². The third-order valence-corrected chi connectivity index (χ3v) is 7.94. The maximum absolute atomic E-state index is 13.1. The summed E-state index contributed by atoms with van der Waals surface area (Å²) in [6, 6.07) is 4.93. The fourth-order valence-corrected chi connectivity index (χ4v) is 5.91. The number of sulfonamides is 1. The van der Waals surface area contributed by atoms with Crippen molar-refractivity contribution in [2.24, 2.45) is 5.92 Å². The third-order valence-electron chi connectivity index (χ3n) is 6.02. The van der Waals surface area contributed by atoms with Crippen LogP contribution in [0.25, 0.3) is 0 Å². The molecule has 1 heterocycles. The van der Waals surface area contributed by atoms with Crippen LogP contribution in [0.2, 0.25) is 0 Å². The van der Waals surface area contributed by atoms with Crippen LogP contribution in [0.1, 0.15) is 50.5 Å². The number of methoxy groups -OCH3 is 1. The Morgan fingerprint density at radius 2 is 1.93 bits per heavy atom. The lowest BCUT2D eigenvalue weighted by molar-refractivity contribution is -0.120. The third kappa shape index (κ3) is 6.18. The second-order valence-corrected chi connectivity index (χ2v) is 10.1. The molecule has 2 aliphatic rings. The smallest absolute Gasteiger partial charge is 0.246 e. The van der Waals surface area contributed by atoms with Gasteiger partial charge in [-0.2, -0.15) is 4.31 Å². The van der Waals surface area contributed by atoms with Crippen LogP contribution in [0.5, 0.6) is 5.75 Å².